The van der Waals surface area contributed by atoms with Crippen LogP contribution in [0.1, 0.15) is 24.0 Å². The molecular weight excluding hydrogens is 342 g/mol. The lowest BCUT2D eigenvalue weighted by Crippen LogP contribution is -2.44. The van der Waals surface area contributed by atoms with Gasteiger partial charge in [0.25, 0.3) is 0 Å². The molecule has 6 heteroatoms. The number of nitrogens with one attached hydrogen (secondary N) is 1. The second-order valence-corrected chi connectivity index (χ2v) is 6.64. The van der Waals surface area contributed by atoms with E-state index in [9.17, 15) is 9.90 Å². The molecule has 6 nitrogen and oxygen atoms in total. The summed E-state index contributed by atoms with van der Waals surface area (Å²) in [5.74, 6) is 0.730. The topological polar surface area (TPSA) is 85.6 Å². The van der Waals surface area contributed by atoms with E-state index in [0.717, 1.165) is 29.7 Å². The first-order chi connectivity index (χ1) is 13.1. The van der Waals surface area contributed by atoms with Gasteiger partial charge in [-0.1, -0.05) is 24.3 Å². The smallest absolute Gasteiger partial charge is 0.321 e. The minimum atomic E-state index is -0.441. The van der Waals surface area contributed by atoms with Crippen LogP contribution >= 0.6 is 0 Å². The van der Waals surface area contributed by atoms with Crippen molar-refractivity contribution >= 4 is 11.7 Å². The Hall–Kier alpha value is -3.04. The van der Waals surface area contributed by atoms with Crippen LogP contribution < -0.4 is 10.1 Å². The molecule has 2 aromatic rings. The average molecular weight is 365 g/mol. The van der Waals surface area contributed by atoms with Crippen molar-refractivity contribution in [1.29, 1.82) is 5.26 Å². The summed E-state index contributed by atoms with van der Waals surface area (Å²) in [4.78, 5) is 14.0. The second kappa shape index (κ2) is 9.06. The van der Waals surface area contributed by atoms with Crippen molar-refractivity contribution in [2.75, 3.05) is 18.4 Å². The third-order valence-corrected chi connectivity index (χ3v) is 4.47. The molecule has 27 heavy (non-hydrogen) atoms. The monoisotopic (exact) mass is 365 g/mol. The lowest BCUT2D eigenvalue weighted by Gasteiger charge is -2.30. The molecule has 0 radical (unpaired) electrons. The van der Waals surface area contributed by atoms with Crippen molar-refractivity contribution in [3.8, 4) is 11.8 Å². The number of anilines is 1. The van der Waals surface area contributed by atoms with Crippen LogP contribution in [0, 0.1) is 11.3 Å². The highest BCUT2D eigenvalue weighted by Gasteiger charge is 2.21. The summed E-state index contributed by atoms with van der Waals surface area (Å²) in [6.07, 6.45) is 1.50. The summed E-state index contributed by atoms with van der Waals surface area (Å²) >= 11 is 0. The zero-order valence-corrected chi connectivity index (χ0v) is 15.1. The van der Waals surface area contributed by atoms with Gasteiger partial charge < -0.3 is 20.1 Å². The number of aliphatic hydroxyl groups is 1. The van der Waals surface area contributed by atoms with Crippen LogP contribution in [-0.4, -0.2) is 35.2 Å². The van der Waals surface area contributed by atoms with Crippen molar-refractivity contribution < 1.29 is 14.6 Å². The van der Waals surface area contributed by atoms with Gasteiger partial charge >= 0.3 is 6.03 Å². The number of piperidine rings is 1. The van der Waals surface area contributed by atoms with Gasteiger partial charge in [-0.3, -0.25) is 0 Å². The van der Waals surface area contributed by atoms with Gasteiger partial charge in [0, 0.05) is 18.8 Å². The number of carbonyl (C=O) groups excluding carboxylic acids is 1. The number of nitriles is 1. The Morgan fingerprint density at radius 1 is 1.26 bits per heavy atom. The maximum absolute atomic E-state index is 12.3. The average Bonchev–Trinajstić information content (AvgIpc) is 2.68. The van der Waals surface area contributed by atoms with Crippen LogP contribution in [0.25, 0.3) is 0 Å². The summed E-state index contributed by atoms with van der Waals surface area (Å²) in [6, 6.07) is 16.9. The number of amides is 2. The van der Waals surface area contributed by atoms with Crippen molar-refractivity contribution in [2.24, 2.45) is 0 Å². The van der Waals surface area contributed by atoms with Gasteiger partial charge in [-0.05, 0) is 48.2 Å². The molecule has 2 N–H and O–H groups in total. The van der Waals surface area contributed by atoms with Gasteiger partial charge in [0.05, 0.1) is 18.6 Å². The van der Waals surface area contributed by atoms with Gasteiger partial charge in [-0.25, -0.2) is 4.79 Å². The van der Waals surface area contributed by atoms with E-state index >= 15 is 0 Å². The largest absolute Gasteiger partial charge is 0.489 e. The first-order valence-electron chi connectivity index (χ1n) is 9.05. The number of rotatable bonds is 5. The summed E-state index contributed by atoms with van der Waals surface area (Å²) in [6.45, 7) is 1.41. The molecule has 1 atom stereocenters. The lowest BCUT2D eigenvalue weighted by molar-refractivity contribution is 0.0883. The molecule has 0 aromatic heterocycles. The third kappa shape index (κ3) is 5.47. The fourth-order valence-corrected chi connectivity index (χ4v) is 3.04. The molecule has 1 aliphatic heterocycles. The van der Waals surface area contributed by atoms with E-state index < -0.39 is 6.10 Å². The molecule has 1 saturated heterocycles. The fraction of sp³-hybridized carbons (Fsp3) is 0.333. The minimum absolute atomic E-state index is 0.195. The van der Waals surface area contributed by atoms with Crippen LogP contribution in [0.5, 0.6) is 5.75 Å². The number of carbonyl (C=O) groups is 1. The Morgan fingerprint density at radius 3 is 2.81 bits per heavy atom. The standard InChI is InChI=1S/C21H23N3O3/c22-11-10-16-6-8-20(9-7-16)27-15-17-3-1-4-18(13-17)23-21(26)24-12-2-5-19(25)14-24/h1,3-4,6-9,13,19,25H,2,5,10,12,14-15H2,(H,23,26). The van der Waals surface area contributed by atoms with E-state index in [0.29, 0.717) is 31.8 Å². The number of hydrogen-bond donors (Lipinski definition) is 2. The van der Waals surface area contributed by atoms with Crippen molar-refractivity contribution in [3.05, 3.63) is 59.7 Å². The van der Waals surface area contributed by atoms with Crippen LogP contribution in [0.15, 0.2) is 48.5 Å². The molecule has 0 aliphatic carbocycles. The molecule has 3 rings (SSSR count). The van der Waals surface area contributed by atoms with Crippen LogP contribution in [0.2, 0.25) is 0 Å². The van der Waals surface area contributed by atoms with Crippen molar-refractivity contribution in [2.45, 2.75) is 32.0 Å². The maximum atomic E-state index is 12.3. The number of β-amino-alcohol motifs (C(OH)–C–C–N with tert-alkyl or cyclic N) is 1. The normalized spacial score (nSPS) is 16.4. The number of benzene rings is 2. The Kier molecular flexibility index (Phi) is 6.29. The number of nitrogens with zero attached hydrogens (tertiary/aromatic N) is 2. The molecule has 2 aromatic carbocycles. The van der Waals surface area contributed by atoms with Gasteiger partial charge in [0.2, 0.25) is 0 Å². The van der Waals surface area contributed by atoms with Gasteiger partial charge in [0.15, 0.2) is 0 Å². The van der Waals surface area contributed by atoms with Gasteiger partial charge in [0.1, 0.15) is 12.4 Å². The summed E-state index contributed by atoms with van der Waals surface area (Å²) < 4.78 is 5.78. The Labute approximate surface area is 159 Å². The number of urea groups is 1. The summed E-state index contributed by atoms with van der Waals surface area (Å²) in [7, 11) is 0. The number of aliphatic hydroxyl groups excluding tert-OH is 1. The zero-order chi connectivity index (χ0) is 19.1. The Morgan fingerprint density at radius 2 is 2.07 bits per heavy atom. The predicted octanol–water partition coefficient (Wildman–Crippen LogP) is 3.32. The molecule has 2 amide bonds. The number of hydrogen-bond acceptors (Lipinski definition) is 4. The molecule has 1 unspecified atom stereocenters. The highest BCUT2D eigenvalue weighted by atomic mass is 16.5. The fourth-order valence-electron chi connectivity index (χ4n) is 3.04. The quantitative estimate of drug-likeness (QED) is 0.851. The molecule has 1 fully saturated rings. The van der Waals surface area contributed by atoms with E-state index in [1.807, 2.05) is 48.5 Å². The third-order valence-electron chi connectivity index (χ3n) is 4.47. The zero-order valence-electron chi connectivity index (χ0n) is 15.1. The Balaban J connectivity index is 1.55. The van der Waals surface area contributed by atoms with Gasteiger partial charge in [-0.15, -0.1) is 0 Å². The van der Waals surface area contributed by atoms with E-state index in [-0.39, 0.29) is 6.03 Å². The molecule has 140 valence electrons. The Bertz CT molecular complexity index is 814. The SMILES string of the molecule is N#CCc1ccc(OCc2cccc(NC(=O)N3CCCC(O)C3)c2)cc1. The summed E-state index contributed by atoms with van der Waals surface area (Å²) in [5.41, 5.74) is 2.59. The minimum Gasteiger partial charge on any atom is -0.489 e. The van der Waals surface area contributed by atoms with Crippen LogP contribution in [-0.2, 0) is 13.0 Å². The molecule has 0 saturated carbocycles. The van der Waals surface area contributed by atoms with Crippen LogP contribution in [0.4, 0.5) is 10.5 Å². The molecular formula is C21H23N3O3. The highest BCUT2D eigenvalue weighted by Crippen LogP contribution is 2.18. The number of ether oxygens (including phenoxy) is 1. The molecule has 0 bridgehead atoms. The van der Waals surface area contributed by atoms with E-state index in [1.165, 1.54) is 0 Å². The predicted molar refractivity (Wildman–Crippen MR) is 102 cm³/mol. The first kappa shape index (κ1) is 18.7. The van der Waals surface area contributed by atoms with Gasteiger partial charge in [-0.2, -0.15) is 5.26 Å². The second-order valence-electron chi connectivity index (χ2n) is 6.64. The molecule has 1 heterocycles. The lowest BCUT2D eigenvalue weighted by atomic mass is 10.1. The van der Waals surface area contributed by atoms with E-state index in [2.05, 4.69) is 11.4 Å². The first-order valence-corrected chi connectivity index (χ1v) is 9.05. The molecule has 1 aliphatic rings. The summed E-state index contributed by atoms with van der Waals surface area (Å²) in [5, 5.41) is 21.3. The molecule has 0 spiro atoms. The highest BCUT2D eigenvalue weighted by molar-refractivity contribution is 5.89. The van der Waals surface area contributed by atoms with E-state index in [1.54, 1.807) is 4.90 Å². The van der Waals surface area contributed by atoms with Crippen molar-refractivity contribution in [1.82, 2.24) is 4.90 Å². The van der Waals surface area contributed by atoms with Crippen LogP contribution in [0.3, 0.4) is 0 Å². The maximum Gasteiger partial charge on any atom is 0.321 e. The number of likely N-dealkylation sites (tertiary alicyclic amines) is 1. The van der Waals surface area contributed by atoms with E-state index in [4.69, 9.17) is 10.00 Å². The van der Waals surface area contributed by atoms with Crippen molar-refractivity contribution in [3.63, 3.8) is 0 Å².